The lowest BCUT2D eigenvalue weighted by atomic mass is 10.0. The minimum Gasteiger partial charge on any atom is -0.452 e. The number of H-pyrrole nitrogens is 1. The summed E-state index contributed by atoms with van der Waals surface area (Å²) in [5, 5.41) is 9.18. The third-order valence-electron chi connectivity index (χ3n) is 5.88. The molecule has 2 atom stereocenters. The summed E-state index contributed by atoms with van der Waals surface area (Å²) in [4.78, 5) is 11.1. The summed E-state index contributed by atoms with van der Waals surface area (Å²) >= 11 is 6.38. The van der Waals surface area contributed by atoms with Gasteiger partial charge in [-0.25, -0.2) is 13.6 Å². The van der Waals surface area contributed by atoms with Crippen LogP contribution in [-0.4, -0.2) is 68.1 Å². The van der Waals surface area contributed by atoms with Crippen LogP contribution in [0.25, 0.3) is 33.5 Å². The van der Waals surface area contributed by atoms with Gasteiger partial charge in [-0.2, -0.15) is 18.1 Å². The predicted molar refractivity (Wildman–Crippen MR) is 138 cm³/mol. The quantitative estimate of drug-likeness (QED) is 0.331. The number of fused-ring (bicyclic) bond motifs is 1. The van der Waals surface area contributed by atoms with Crippen molar-refractivity contribution in [3.63, 3.8) is 0 Å². The second kappa shape index (κ2) is 9.84. The molecule has 2 aromatic carbocycles. The highest BCUT2D eigenvalue weighted by Crippen LogP contribution is 2.36. The van der Waals surface area contributed by atoms with Gasteiger partial charge in [-0.1, -0.05) is 29.8 Å². The Labute approximate surface area is 221 Å². The summed E-state index contributed by atoms with van der Waals surface area (Å²) in [6.07, 6.45) is -0.242. The summed E-state index contributed by atoms with van der Waals surface area (Å²) in [5.41, 5.74) is 2.52. The summed E-state index contributed by atoms with van der Waals surface area (Å²) in [6.45, 7) is -1.28. The van der Waals surface area contributed by atoms with Gasteiger partial charge in [0.05, 0.1) is 35.1 Å². The van der Waals surface area contributed by atoms with Crippen LogP contribution in [0, 0.1) is 5.82 Å². The van der Waals surface area contributed by atoms with Crippen LogP contribution in [0.4, 0.5) is 18.9 Å². The van der Waals surface area contributed by atoms with E-state index in [1.807, 2.05) is 0 Å². The molecule has 4 aromatic rings. The number of benzene rings is 2. The first-order valence-corrected chi connectivity index (χ1v) is 14.1. The zero-order chi connectivity index (χ0) is 27.2. The summed E-state index contributed by atoms with van der Waals surface area (Å²) < 4.78 is 70.0. The van der Waals surface area contributed by atoms with E-state index in [-0.39, 0.29) is 27.9 Å². The fraction of sp³-hybridized carbons (Fsp3) is 0.280. The van der Waals surface area contributed by atoms with Crippen molar-refractivity contribution < 1.29 is 32.0 Å². The molecule has 0 spiro atoms. The van der Waals surface area contributed by atoms with E-state index in [4.69, 9.17) is 26.2 Å². The van der Waals surface area contributed by atoms with Crippen LogP contribution >= 0.6 is 11.6 Å². The third-order valence-corrected chi connectivity index (χ3v) is 6.82. The Balaban J connectivity index is 1.41. The summed E-state index contributed by atoms with van der Waals surface area (Å²) in [7, 11) is -2.30. The van der Waals surface area contributed by atoms with Gasteiger partial charge >= 0.3 is 5.92 Å². The normalized spacial score (nSPS) is 19.1. The van der Waals surface area contributed by atoms with Gasteiger partial charge in [0.15, 0.2) is 11.8 Å². The number of pyridine rings is 1. The molecule has 2 aromatic heterocycles. The highest BCUT2D eigenvalue weighted by molar-refractivity contribution is 7.92. The van der Waals surface area contributed by atoms with Gasteiger partial charge in [0, 0.05) is 27.8 Å². The van der Waals surface area contributed by atoms with Crippen molar-refractivity contribution >= 4 is 38.2 Å². The Hall–Kier alpha value is -3.19. The Kier molecular flexibility index (Phi) is 6.84. The number of hydrogen-bond donors (Lipinski definition) is 2. The van der Waals surface area contributed by atoms with Crippen LogP contribution in [-0.2, 0) is 14.5 Å². The first-order valence-electron chi connectivity index (χ1n) is 11.4. The van der Waals surface area contributed by atoms with Gasteiger partial charge in [0.2, 0.25) is 0 Å². The number of rotatable bonds is 6. The van der Waals surface area contributed by atoms with Crippen LogP contribution in [0.2, 0.25) is 5.02 Å². The summed E-state index contributed by atoms with van der Waals surface area (Å²) in [6, 6.07) is 12.7. The number of halogens is 4. The number of nitrogens with one attached hydrogen (secondary N) is 1. The molecule has 0 amide bonds. The van der Waals surface area contributed by atoms with Crippen LogP contribution in [0.15, 0.2) is 52.9 Å². The Morgan fingerprint density at radius 1 is 1.18 bits per heavy atom. The van der Waals surface area contributed by atoms with Gasteiger partial charge in [0.1, 0.15) is 11.9 Å². The number of hydrogen-bond acceptors (Lipinski definition) is 7. The standard InChI is InChI=1S/C25H22ClF3N4O4S/c1-38(2,35)33-15-6-3-13(4-7-15)14-5-8-16(18(27)9-14)22-17(26)10-19-23(31-22)32-24(30-19)37-21-12-36-20(11-34)25(21,28)29/h3-10,20-21,34H,11-12H2,1-2H3,(H,30,31,32)/t20-,21-/m1/s1. The topological polar surface area (TPSA) is 110 Å². The molecule has 13 heteroatoms. The molecule has 3 heterocycles. The van der Waals surface area contributed by atoms with Crippen LogP contribution < -0.4 is 4.74 Å². The van der Waals surface area contributed by atoms with E-state index in [9.17, 15) is 13.0 Å². The molecule has 2 N–H and O–H groups in total. The fourth-order valence-corrected chi connectivity index (χ4v) is 4.93. The maximum Gasteiger partial charge on any atom is 0.314 e. The van der Waals surface area contributed by atoms with Crippen molar-refractivity contribution in [2.75, 3.05) is 25.7 Å². The molecule has 1 aliphatic heterocycles. The molecule has 5 rings (SSSR count). The van der Waals surface area contributed by atoms with Crippen LogP contribution in [0.3, 0.4) is 0 Å². The van der Waals surface area contributed by atoms with E-state index >= 15 is 4.39 Å². The van der Waals surface area contributed by atoms with Crippen molar-refractivity contribution in [3.8, 4) is 28.4 Å². The number of ether oxygens (including phenoxy) is 2. The highest BCUT2D eigenvalue weighted by Gasteiger charge is 2.55. The molecule has 200 valence electrons. The average molecular weight is 567 g/mol. The van der Waals surface area contributed by atoms with Gasteiger partial charge < -0.3 is 19.6 Å². The molecule has 0 unspecified atom stereocenters. The van der Waals surface area contributed by atoms with E-state index in [1.165, 1.54) is 18.2 Å². The number of aliphatic hydroxyl groups excluding tert-OH is 1. The van der Waals surface area contributed by atoms with Gasteiger partial charge in [0.25, 0.3) is 6.01 Å². The highest BCUT2D eigenvalue weighted by atomic mass is 35.5. The lowest BCUT2D eigenvalue weighted by Crippen LogP contribution is -2.43. The molecular weight excluding hydrogens is 545 g/mol. The second-order valence-corrected chi connectivity index (χ2v) is 12.0. The van der Waals surface area contributed by atoms with E-state index < -0.39 is 46.9 Å². The molecule has 38 heavy (non-hydrogen) atoms. The fourth-order valence-electron chi connectivity index (χ4n) is 4.05. The van der Waals surface area contributed by atoms with Gasteiger partial charge in [-0.05, 0) is 41.5 Å². The number of aromatic amines is 1. The molecule has 1 saturated heterocycles. The number of aromatic nitrogens is 3. The maximum absolute atomic E-state index is 15.2. The Morgan fingerprint density at radius 3 is 2.53 bits per heavy atom. The van der Waals surface area contributed by atoms with Crippen molar-refractivity contribution in [1.82, 2.24) is 15.0 Å². The average Bonchev–Trinajstić information content (AvgIpc) is 3.36. The molecule has 1 aliphatic rings. The third kappa shape index (κ3) is 5.21. The van der Waals surface area contributed by atoms with E-state index in [1.54, 1.807) is 42.8 Å². The predicted octanol–water partition coefficient (Wildman–Crippen LogP) is 5.22. The number of nitrogens with zero attached hydrogens (tertiary/aromatic N) is 3. The largest absolute Gasteiger partial charge is 0.452 e. The lowest BCUT2D eigenvalue weighted by Gasteiger charge is -2.20. The van der Waals surface area contributed by atoms with E-state index in [2.05, 4.69) is 19.3 Å². The van der Waals surface area contributed by atoms with Crippen molar-refractivity contribution in [1.29, 1.82) is 0 Å². The zero-order valence-corrected chi connectivity index (χ0v) is 21.7. The van der Waals surface area contributed by atoms with Crippen molar-refractivity contribution in [2.24, 2.45) is 4.36 Å². The Morgan fingerprint density at radius 2 is 1.89 bits per heavy atom. The monoisotopic (exact) mass is 566 g/mol. The molecule has 8 nitrogen and oxygen atoms in total. The zero-order valence-electron chi connectivity index (χ0n) is 20.1. The van der Waals surface area contributed by atoms with Gasteiger partial charge in [-0.3, -0.25) is 0 Å². The second-order valence-electron chi connectivity index (χ2n) is 9.03. The number of aliphatic hydroxyl groups is 1. The lowest BCUT2D eigenvalue weighted by molar-refractivity contribution is -0.118. The number of alkyl halides is 2. The minimum absolute atomic E-state index is 0.0894. The van der Waals surface area contributed by atoms with Crippen molar-refractivity contribution in [3.05, 3.63) is 59.4 Å². The maximum atomic E-state index is 15.2. The molecule has 0 radical (unpaired) electrons. The van der Waals surface area contributed by atoms with E-state index in [0.717, 1.165) is 5.56 Å². The van der Waals surface area contributed by atoms with Crippen molar-refractivity contribution in [2.45, 2.75) is 18.1 Å². The first-order chi connectivity index (χ1) is 17.9. The van der Waals surface area contributed by atoms with Crippen LogP contribution in [0.1, 0.15) is 0 Å². The molecular formula is C25H22ClF3N4O4S. The molecule has 0 bridgehead atoms. The number of imidazole rings is 1. The smallest absolute Gasteiger partial charge is 0.314 e. The van der Waals surface area contributed by atoms with E-state index in [0.29, 0.717) is 16.8 Å². The Bertz CT molecular complexity index is 1630. The first kappa shape index (κ1) is 26.4. The molecule has 0 aliphatic carbocycles. The molecule has 0 saturated carbocycles. The van der Waals surface area contributed by atoms with Gasteiger partial charge in [-0.15, -0.1) is 0 Å². The molecule has 1 fully saturated rings. The summed E-state index contributed by atoms with van der Waals surface area (Å²) in [5.74, 6) is -4.00. The minimum atomic E-state index is -3.42. The van der Waals surface area contributed by atoms with Crippen LogP contribution in [0.5, 0.6) is 6.01 Å². The SMILES string of the molecule is CS(C)(=O)=Nc1ccc(-c2ccc(-c3nc4nc(O[C@@H]5CO[C@H](CO)C5(F)F)[nH]c4cc3Cl)c(F)c2)cc1.